The normalized spacial score (nSPS) is 10.3. The molecule has 0 spiro atoms. The first kappa shape index (κ1) is 15.1. The molecule has 20 heavy (non-hydrogen) atoms. The van der Waals surface area contributed by atoms with Gasteiger partial charge < -0.3 is 5.32 Å². The minimum atomic E-state index is -0.148. The van der Waals surface area contributed by atoms with E-state index in [0.29, 0.717) is 15.1 Å². The summed E-state index contributed by atoms with van der Waals surface area (Å²) < 4.78 is 0.713. The van der Waals surface area contributed by atoms with Crippen molar-refractivity contribution in [2.75, 3.05) is 5.32 Å². The van der Waals surface area contributed by atoms with Gasteiger partial charge in [-0.2, -0.15) is 0 Å². The number of amides is 1. The van der Waals surface area contributed by atoms with Crippen LogP contribution in [0.4, 0.5) is 5.69 Å². The number of nitrogens with one attached hydrogen (secondary N) is 1. The van der Waals surface area contributed by atoms with Gasteiger partial charge in [0.1, 0.15) is 0 Å². The quantitative estimate of drug-likeness (QED) is 0.794. The maximum atomic E-state index is 12.1. The van der Waals surface area contributed by atoms with Crippen LogP contribution in [-0.4, -0.2) is 5.91 Å². The monoisotopic (exact) mass is 351 g/mol. The van der Waals surface area contributed by atoms with E-state index in [2.05, 4.69) is 28.2 Å². The third-order valence-corrected chi connectivity index (χ3v) is 4.15. The fourth-order valence-corrected chi connectivity index (χ4v) is 2.38. The Morgan fingerprint density at radius 2 is 1.90 bits per heavy atom. The maximum absolute atomic E-state index is 12.1. The van der Waals surface area contributed by atoms with Crippen LogP contribution < -0.4 is 5.32 Å². The highest BCUT2D eigenvalue weighted by Gasteiger charge is 2.08. The van der Waals surface area contributed by atoms with Gasteiger partial charge in [-0.15, -0.1) is 0 Å². The third-order valence-electron chi connectivity index (χ3n) is 2.93. The van der Waals surface area contributed by atoms with Gasteiger partial charge in [-0.05, 0) is 58.2 Å². The Bertz CT molecular complexity index is 610. The van der Waals surface area contributed by atoms with E-state index >= 15 is 0 Å². The lowest BCUT2D eigenvalue weighted by molar-refractivity contribution is 0.102. The van der Waals surface area contributed by atoms with Gasteiger partial charge in [-0.25, -0.2) is 0 Å². The van der Waals surface area contributed by atoms with Crippen LogP contribution in [0.5, 0.6) is 0 Å². The summed E-state index contributed by atoms with van der Waals surface area (Å²) in [6.45, 7) is 2.15. The van der Waals surface area contributed by atoms with Gasteiger partial charge in [-0.3, -0.25) is 4.79 Å². The molecule has 0 fully saturated rings. The highest BCUT2D eigenvalue weighted by molar-refractivity contribution is 9.10. The van der Waals surface area contributed by atoms with Gasteiger partial charge in [-0.1, -0.05) is 37.1 Å². The van der Waals surface area contributed by atoms with Crippen LogP contribution in [0.15, 0.2) is 46.9 Å². The van der Waals surface area contributed by atoms with Gasteiger partial charge in [0, 0.05) is 15.7 Å². The Morgan fingerprint density at radius 1 is 1.20 bits per heavy atom. The van der Waals surface area contributed by atoms with Crippen LogP contribution in [-0.2, 0) is 6.42 Å². The predicted octanol–water partition coefficient (Wildman–Crippen LogP) is 5.31. The number of halogens is 2. The molecule has 0 saturated heterocycles. The Balaban J connectivity index is 2.08. The molecule has 2 aromatic rings. The number of aryl methyl sites for hydroxylation is 1. The molecule has 0 heterocycles. The van der Waals surface area contributed by atoms with Gasteiger partial charge >= 0.3 is 0 Å². The van der Waals surface area contributed by atoms with E-state index in [9.17, 15) is 4.79 Å². The van der Waals surface area contributed by atoms with Crippen molar-refractivity contribution < 1.29 is 4.79 Å². The zero-order chi connectivity index (χ0) is 14.5. The zero-order valence-electron chi connectivity index (χ0n) is 11.1. The van der Waals surface area contributed by atoms with Crippen molar-refractivity contribution in [1.82, 2.24) is 0 Å². The Labute approximate surface area is 132 Å². The van der Waals surface area contributed by atoms with Crippen molar-refractivity contribution in [3.63, 3.8) is 0 Å². The minimum Gasteiger partial charge on any atom is -0.322 e. The Hall–Kier alpha value is -1.32. The standard InChI is InChI=1S/C16H15BrClNO/c1-2-3-11-4-7-13(8-5-11)19-16(20)12-6-9-15(18)14(17)10-12/h4-10H,2-3H2,1H3,(H,19,20). The summed E-state index contributed by atoms with van der Waals surface area (Å²) in [5.74, 6) is -0.148. The molecule has 0 aliphatic heterocycles. The highest BCUT2D eigenvalue weighted by atomic mass is 79.9. The molecular weight excluding hydrogens is 338 g/mol. The van der Waals surface area contributed by atoms with Crippen molar-refractivity contribution in [3.8, 4) is 0 Å². The highest BCUT2D eigenvalue weighted by Crippen LogP contribution is 2.23. The molecule has 2 rings (SSSR count). The van der Waals surface area contributed by atoms with Crippen molar-refractivity contribution >= 4 is 39.1 Å². The molecule has 0 aromatic heterocycles. The first-order valence-corrected chi connectivity index (χ1v) is 7.62. The van der Waals surface area contributed by atoms with Crippen LogP contribution >= 0.6 is 27.5 Å². The molecule has 4 heteroatoms. The summed E-state index contributed by atoms with van der Waals surface area (Å²) in [5.41, 5.74) is 2.64. The molecule has 104 valence electrons. The first-order valence-electron chi connectivity index (χ1n) is 6.45. The van der Waals surface area contributed by atoms with Gasteiger partial charge in [0.2, 0.25) is 0 Å². The fourth-order valence-electron chi connectivity index (χ4n) is 1.88. The Morgan fingerprint density at radius 3 is 2.50 bits per heavy atom. The Kier molecular flexibility index (Phi) is 5.21. The van der Waals surface area contributed by atoms with Crippen LogP contribution in [0.1, 0.15) is 29.3 Å². The number of hydrogen-bond acceptors (Lipinski definition) is 1. The largest absolute Gasteiger partial charge is 0.322 e. The number of hydrogen-bond donors (Lipinski definition) is 1. The van der Waals surface area contributed by atoms with E-state index in [1.165, 1.54) is 5.56 Å². The second-order valence-electron chi connectivity index (χ2n) is 4.53. The molecular formula is C16H15BrClNO. The van der Waals surface area contributed by atoms with E-state index in [1.54, 1.807) is 18.2 Å². The molecule has 1 N–H and O–H groups in total. The lowest BCUT2D eigenvalue weighted by Crippen LogP contribution is -2.11. The van der Waals surface area contributed by atoms with Gasteiger partial charge in [0.15, 0.2) is 0 Å². The average molecular weight is 353 g/mol. The number of anilines is 1. The topological polar surface area (TPSA) is 29.1 Å². The van der Waals surface area contributed by atoms with E-state index < -0.39 is 0 Å². The summed E-state index contributed by atoms with van der Waals surface area (Å²) in [6.07, 6.45) is 2.17. The average Bonchev–Trinajstić information content (AvgIpc) is 2.44. The first-order chi connectivity index (χ1) is 9.60. The molecule has 0 atom stereocenters. The SMILES string of the molecule is CCCc1ccc(NC(=O)c2ccc(Cl)c(Br)c2)cc1. The molecule has 2 aromatic carbocycles. The summed E-state index contributed by atoms with van der Waals surface area (Å²) in [7, 11) is 0. The molecule has 0 aliphatic carbocycles. The minimum absolute atomic E-state index is 0.148. The smallest absolute Gasteiger partial charge is 0.255 e. The van der Waals surface area contributed by atoms with E-state index in [1.807, 2.05) is 24.3 Å². The number of carbonyl (C=O) groups is 1. The number of benzene rings is 2. The molecule has 0 bridgehead atoms. The predicted molar refractivity (Wildman–Crippen MR) is 87.5 cm³/mol. The van der Waals surface area contributed by atoms with E-state index in [4.69, 9.17) is 11.6 Å². The number of rotatable bonds is 4. The van der Waals surface area contributed by atoms with Crippen LogP contribution in [0.3, 0.4) is 0 Å². The van der Waals surface area contributed by atoms with Crippen LogP contribution in [0.25, 0.3) is 0 Å². The van der Waals surface area contributed by atoms with Gasteiger partial charge in [0.05, 0.1) is 5.02 Å². The maximum Gasteiger partial charge on any atom is 0.255 e. The molecule has 0 unspecified atom stereocenters. The van der Waals surface area contributed by atoms with Crippen molar-refractivity contribution in [1.29, 1.82) is 0 Å². The van der Waals surface area contributed by atoms with Crippen LogP contribution in [0, 0.1) is 0 Å². The second kappa shape index (κ2) is 6.91. The summed E-state index contributed by atoms with van der Waals surface area (Å²) >= 11 is 9.23. The zero-order valence-corrected chi connectivity index (χ0v) is 13.5. The summed E-state index contributed by atoms with van der Waals surface area (Å²) in [6, 6.07) is 13.0. The number of carbonyl (C=O) groups excluding carboxylic acids is 1. The molecule has 0 saturated carbocycles. The molecule has 1 amide bonds. The summed E-state index contributed by atoms with van der Waals surface area (Å²) in [5, 5.41) is 3.46. The van der Waals surface area contributed by atoms with E-state index in [0.717, 1.165) is 18.5 Å². The molecule has 0 aliphatic rings. The fraction of sp³-hybridized carbons (Fsp3) is 0.188. The molecule has 0 radical (unpaired) electrons. The van der Waals surface area contributed by atoms with Crippen molar-refractivity contribution in [2.45, 2.75) is 19.8 Å². The third kappa shape index (κ3) is 3.84. The lowest BCUT2D eigenvalue weighted by atomic mass is 10.1. The van der Waals surface area contributed by atoms with Gasteiger partial charge in [0.25, 0.3) is 5.91 Å². The van der Waals surface area contributed by atoms with Crippen molar-refractivity contribution in [3.05, 3.63) is 63.1 Å². The second-order valence-corrected chi connectivity index (χ2v) is 5.79. The van der Waals surface area contributed by atoms with Crippen LogP contribution in [0.2, 0.25) is 5.02 Å². The lowest BCUT2D eigenvalue weighted by Gasteiger charge is -2.07. The van der Waals surface area contributed by atoms with E-state index in [-0.39, 0.29) is 5.91 Å². The summed E-state index contributed by atoms with van der Waals surface area (Å²) in [4.78, 5) is 12.1. The van der Waals surface area contributed by atoms with Crippen molar-refractivity contribution in [2.24, 2.45) is 0 Å². The molecule has 2 nitrogen and oxygen atoms in total.